The van der Waals surface area contributed by atoms with Gasteiger partial charge in [-0.3, -0.25) is 5.32 Å². The summed E-state index contributed by atoms with van der Waals surface area (Å²) in [6.07, 6.45) is 0.526. The monoisotopic (exact) mass is 227 g/mol. The Kier molecular flexibility index (Phi) is 3.74. The number of carbonyl (C=O) groups excluding carboxylic acids is 1. The molecule has 0 saturated heterocycles. The summed E-state index contributed by atoms with van der Waals surface area (Å²) in [5, 5.41) is 4.71. The van der Waals surface area contributed by atoms with Crippen LogP contribution in [0.4, 0.5) is 10.5 Å². The maximum atomic E-state index is 11.5. The average Bonchev–Trinajstić information content (AvgIpc) is 2.48. The number of nitrogens with one attached hydrogen (secondary N) is 1. The lowest BCUT2D eigenvalue weighted by Crippen LogP contribution is -2.27. The molecule has 84 valence electrons. The van der Waals surface area contributed by atoms with E-state index in [-0.39, 0.29) is 0 Å². The molecule has 0 aliphatic rings. The summed E-state index contributed by atoms with van der Waals surface area (Å²) >= 11 is 1.64. The first-order chi connectivity index (χ1) is 6.92. The minimum Gasteiger partial charge on any atom is -0.444 e. The van der Waals surface area contributed by atoms with Crippen molar-refractivity contribution in [1.82, 2.24) is 0 Å². The van der Waals surface area contributed by atoms with E-state index in [0.29, 0.717) is 0 Å². The molecule has 0 saturated carbocycles. The minimum absolute atomic E-state index is 0.393. The van der Waals surface area contributed by atoms with Crippen LogP contribution in [-0.4, -0.2) is 11.7 Å². The predicted molar refractivity (Wildman–Crippen MR) is 63.6 cm³/mol. The van der Waals surface area contributed by atoms with Gasteiger partial charge in [-0.05, 0) is 38.6 Å². The number of amides is 1. The summed E-state index contributed by atoms with van der Waals surface area (Å²) < 4.78 is 5.17. The fraction of sp³-hybridized carbons (Fsp3) is 0.545. The van der Waals surface area contributed by atoms with Crippen LogP contribution in [0.25, 0.3) is 0 Å². The smallest absolute Gasteiger partial charge is 0.412 e. The van der Waals surface area contributed by atoms with E-state index in [0.717, 1.165) is 12.1 Å². The largest absolute Gasteiger partial charge is 0.444 e. The highest BCUT2D eigenvalue weighted by molar-refractivity contribution is 7.10. The van der Waals surface area contributed by atoms with Crippen LogP contribution in [0.2, 0.25) is 0 Å². The van der Waals surface area contributed by atoms with Gasteiger partial charge in [-0.15, -0.1) is 11.3 Å². The Morgan fingerprint density at radius 2 is 2.20 bits per heavy atom. The van der Waals surface area contributed by atoms with Crippen LogP contribution in [0.15, 0.2) is 11.4 Å². The van der Waals surface area contributed by atoms with Gasteiger partial charge in [0, 0.05) is 4.88 Å². The van der Waals surface area contributed by atoms with Crippen molar-refractivity contribution in [3.8, 4) is 0 Å². The summed E-state index contributed by atoms with van der Waals surface area (Å²) in [6, 6.07) is 1.90. The van der Waals surface area contributed by atoms with Crippen molar-refractivity contribution in [3.63, 3.8) is 0 Å². The Labute approximate surface area is 94.5 Å². The van der Waals surface area contributed by atoms with Gasteiger partial charge in [-0.2, -0.15) is 0 Å². The molecule has 0 aromatic carbocycles. The van der Waals surface area contributed by atoms with Gasteiger partial charge in [-0.1, -0.05) is 6.92 Å². The summed E-state index contributed by atoms with van der Waals surface area (Å²) in [5.74, 6) is 0. The summed E-state index contributed by atoms with van der Waals surface area (Å²) in [5.41, 5.74) is 0.406. The molecule has 0 unspecified atom stereocenters. The number of hydrogen-bond donors (Lipinski definition) is 1. The Balaban J connectivity index is 2.59. The second kappa shape index (κ2) is 4.66. The number of anilines is 1. The molecular formula is C11H17NO2S. The lowest BCUT2D eigenvalue weighted by atomic mass is 10.2. The first-order valence-corrected chi connectivity index (χ1v) is 5.86. The standard InChI is InChI=1S/C11H17NO2S/c1-5-9-8(6-7-15-9)12-10(13)14-11(2,3)4/h6-7H,5H2,1-4H3,(H,12,13). The highest BCUT2D eigenvalue weighted by Gasteiger charge is 2.17. The van der Waals surface area contributed by atoms with Crippen molar-refractivity contribution >= 4 is 23.1 Å². The zero-order valence-electron chi connectivity index (χ0n) is 9.59. The maximum Gasteiger partial charge on any atom is 0.412 e. The van der Waals surface area contributed by atoms with Crippen LogP contribution in [-0.2, 0) is 11.2 Å². The molecule has 0 atom stereocenters. The first-order valence-electron chi connectivity index (χ1n) is 4.98. The normalized spacial score (nSPS) is 11.2. The van der Waals surface area contributed by atoms with Gasteiger partial charge in [0.25, 0.3) is 0 Å². The number of hydrogen-bond acceptors (Lipinski definition) is 3. The highest BCUT2D eigenvalue weighted by atomic mass is 32.1. The quantitative estimate of drug-likeness (QED) is 0.837. The Bertz CT molecular complexity index is 339. The number of ether oxygens (including phenoxy) is 1. The van der Waals surface area contributed by atoms with E-state index >= 15 is 0 Å². The van der Waals surface area contributed by atoms with Crippen LogP contribution in [0.1, 0.15) is 32.6 Å². The number of rotatable bonds is 2. The summed E-state index contributed by atoms with van der Waals surface area (Å²) in [4.78, 5) is 12.6. The third-order valence-corrected chi connectivity index (χ3v) is 2.77. The highest BCUT2D eigenvalue weighted by Crippen LogP contribution is 2.23. The molecule has 0 spiro atoms. The molecule has 1 rings (SSSR count). The van der Waals surface area contributed by atoms with E-state index in [1.165, 1.54) is 4.88 Å². The van der Waals surface area contributed by atoms with E-state index in [1.807, 2.05) is 32.2 Å². The van der Waals surface area contributed by atoms with Crippen LogP contribution >= 0.6 is 11.3 Å². The lowest BCUT2D eigenvalue weighted by molar-refractivity contribution is 0.0636. The third-order valence-electron chi connectivity index (χ3n) is 1.70. The van der Waals surface area contributed by atoms with Crippen molar-refractivity contribution in [2.45, 2.75) is 39.7 Å². The van der Waals surface area contributed by atoms with E-state index in [2.05, 4.69) is 12.2 Å². The zero-order chi connectivity index (χ0) is 11.5. The van der Waals surface area contributed by atoms with Crippen LogP contribution in [0.5, 0.6) is 0 Å². The topological polar surface area (TPSA) is 38.3 Å². The molecule has 0 aliphatic carbocycles. The van der Waals surface area contributed by atoms with E-state index in [4.69, 9.17) is 4.74 Å². The molecule has 15 heavy (non-hydrogen) atoms. The molecule has 0 radical (unpaired) electrons. The van der Waals surface area contributed by atoms with Gasteiger partial charge in [0.2, 0.25) is 0 Å². The molecule has 4 heteroatoms. The molecule has 1 N–H and O–H groups in total. The van der Waals surface area contributed by atoms with Crippen molar-refractivity contribution in [2.24, 2.45) is 0 Å². The molecule has 0 aliphatic heterocycles. The molecule has 1 aromatic heterocycles. The zero-order valence-corrected chi connectivity index (χ0v) is 10.4. The third kappa shape index (κ3) is 3.91. The molecular weight excluding hydrogens is 210 g/mol. The summed E-state index contributed by atoms with van der Waals surface area (Å²) in [7, 11) is 0. The lowest BCUT2D eigenvalue weighted by Gasteiger charge is -2.19. The van der Waals surface area contributed by atoms with Crippen molar-refractivity contribution < 1.29 is 9.53 Å². The fourth-order valence-electron chi connectivity index (χ4n) is 1.14. The van der Waals surface area contributed by atoms with Crippen molar-refractivity contribution in [2.75, 3.05) is 5.32 Å². The van der Waals surface area contributed by atoms with Gasteiger partial charge >= 0.3 is 6.09 Å². The molecule has 1 aromatic rings. The van der Waals surface area contributed by atoms with Gasteiger partial charge in [0.1, 0.15) is 5.60 Å². The van der Waals surface area contributed by atoms with Crippen molar-refractivity contribution in [1.29, 1.82) is 0 Å². The van der Waals surface area contributed by atoms with Crippen LogP contribution < -0.4 is 5.32 Å². The van der Waals surface area contributed by atoms with Gasteiger partial charge in [0.05, 0.1) is 5.69 Å². The number of carbonyl (C=O) groups is 1. The average molecular weight is 227 g/mol. The molecule has 0 bridgehead atoms. The predicted octanol–water partition coefficient (Wildman–Crippen LogP) is 3.66. The summed E-state index contributed by atoms with van der Waals surface area (Å²) in [6.45, 7) is 7.61. The molecule has 3 nitrogen and oxygen atoms in total. The Morgan fingerprint density at radius 3 is 2.73 bits per heavy atom. The van der Waals surface area contributed by atoms with Crippen LogP contribution in [0, 0.1) is 0 Å². The Hall–Kier alpha value is -1.03. The molecule has 0 fully saturated rings. The van der Waals surface area contributed by atoms with E-state index in [9.17, 15) is 4.79 Å². The van der Waals surface area contributed by atoms with Gasteiger partial charge in [-0.25, -0.2) is 4.79 Å². The fourth-order valence-corrected chi connectivity index (χ4v) is 1.92. The first kappa shape index (κ1) is 12.0. The second-order valence-corrected chi connectivity index (χ2v) is 5.24. The van der Waals surface area contributed by atoms with Gasteiger partial charge in [0.15, 0.2) is 0 Å². The van der Waals surface area contributed by atoms with Gasteiger partial charge < -0.3 is 4.74 Å². The van der Waals surface area contributed by atoms with E-state index < -0.39 is 11.7 Å². The molecule has 1 heterocycles. The minimum atomic E-state index is -0.452. The number of aryl methyl sites for hydroxylation is 1. The maximum absolute atomic E-state index is 11.5. The van der Waals surface area contributed by atoms with E-state index in [1.54, 1.807) is 11.3 Å². The van der Waals surface area contributed by atoms with Crippen molar-refractivity contribution in [3.05, 3.63) is 16.3 Å². The number of thiophene rings is 1. The second-order valence-electron chi connectivity index (χ2n) is 4.24. The van der Waals surface area contributed by atoms with Crippen LogP contribution in [0.3, 0.4) is 0 Å². The molecule has 1 amide bonds. The Morgan fingerprint density at radius 1 is 1.53 bits per heavy atom. The SMILES string of the molecule is CCc1sccc1NC(=O)OC(C)(C)C.